The van der Waals surface area contributed by atoms with E-state index in [0.29, 0.717) is 30.0 Å². The normalized spacial score (nSPS) is 12.5. The van der Waals surface area contributed by atoms with Crippen LogP contribution < -0.4 is 5.32 Å². The molecule has 2 N–H and O–H groups in total. The minimum atomic E-state index is -0.306. The molecule has 4 heteroatoms. The van der Waals surface area contributed by atoms with E-state index in [-0.39, 0.29) is 24.2 Å². The Bertz CT molecular complexity index is 446. The van der Waals surface area contributed by atoms with Crippen LogP contribution in [0.4, 0.5) is 4.39 Å². The van der Waals surface area contributed by atoms with Crippen LogP contribution in [0.15, 0.2) is 18.2 Å². The van der Waals surface area contributed by atoms with Crippen LogP contribution in [0.5, 0.6) is 0 Å². The second kappa shape index (κ2) is 8.00. The minimum Gasteiger partial charge on any atom is -0.396 e. The molecule has 0 spiro atoms. The molecule has 112 valence electrons. The molecule has 20 heavy (non-hydrogen) atoms. The van der Waals surface area contributed by atoms with Gasteiger partial charge in [0.05, 0.1) is 0 Å². The quantitative estimate of drug-likeness (QED) is 0.807. The first-order valence-electron chi connectivity index (χ1n) is 7.09. The van der Waals surface area contributed by atoms with Gasteiger partial charge in [-0.15, -0.1) is 0 Å². The molecule has 1 aromatic rings. The molecule has 0 heterocycles. The van der Waals surface area contributed by atoms with Crippen molar-refractivity contribution in [2.45, 2.75) is 33.6 Å². The van der Waals surface area contributed by atoms with E-state index in [2.05, 4.69) is 19.2 Å². The van der Waals surface area contributed by atoms with E-state index in [1.54, 1.807) is 13.0 Å². The van der Waals surface area contributed by atoms with Gasteiger partial charge in [-0.2, -0.15) is 0 Å². The zero-order chi connectivity index (χ0) is 15.1. The molecule has 0 radical (unpaired) electrons. The predicted molar refractivity (Wildman–Crippen MR) is 78.1 cm³/mol. The van der Waals surface area contributed by atoms with Gasteiger partial charge in [0.2, 0.25) is 0 Å². The fraction of sp³-hybridized carbons (Fsp3) is 0.562. The van der Waals surface area contributed by atoms with Crippen LogP contribution in [-0.2, 0) is 0 Å². The summed E-state index contributed by atoms with van der Waals surface area (Å²) >= 11 is 0. The van der Waals surface area contributed by atoms with Crippen LogP contribution in [0.25, 0.3) is 0 Å². The first-order chi connectivity index (χ1) is 9.43. The molecule has 3 nitrogen and oxygen atoms in total. The van der Waals surface area contributed by atoms with Crippen LogP contribution in [-0.4, -0.2) is 24.2 Å². The van der Waals surface area contributed by atoms with Crippen LogP contribution in [0, 0.1) is 24.6 Å². The summed E-state index contributed by atoms with van der Waals surface area (Å²) in [5, 5.41) is 11.9. The highest BCUT2D eigenvalue weighted by molar-refractivity contribution is 5.94. The number of amides is 1. The van der Waals surface area contributed by atoms with Crippen LogP contribution in [0.2, 0.25) is 0 Å². The third kappa shape index (κ3) is 5.29. The smallest absolute Gasteiger partial charge is 0.251 e. The maximum absolute atomic E-state index is 13.2. The minimum absolute atomic E-state index is 0.128. The summed E-state index contributed by atoms with van der Waals surface area (Å²) in [4.78, 5) is 12.0. The number of aliphatic hydroxyl groups excluding tert-OH is 1. The fourth-order valence-corrected chi connectivity index (χ4v) is 2.28. The monoisotopic (exact) mass is 281 g/mol. The average molecular weight is 281 g/mol. The summed E-state index contributed by atoms with van der Waals surface area (Å²) in [6, 6.07) is 4.35. The zero-order valence-corrected chi connectivity index (χ0v) is 12.4. The van der Waals surface area contributed by atoms with Gasteiger partial charge in [-0.1, -0.05) is 13.8 Å². The highest BCUT2D eigenvalue weighted by Gasteiger charge is 2.13. The summed E-state index contributed by atoms with van der Waals surface area (Å²) in [5.74, 6) is 0.293. The molecule has 0 aromatic heterocycles. The van der Waals surface area contributed by atoms with E-state index in [4.69, 9.17) is 5.11 Å². The molecule has 1 amide bonds. The summed E-state index contributed by atoms with van der Waals surface area (Å²) in [7, 11) is 0. The first kappa shape index (κ1) is 16.6. The zero-order valence-electron chi connectivity index (χ0n) is 12.4. The number of carbonyl (C=O) groups is 1. The lowest BCUT2D eigenvalue weighted by Crippen LogP contribution is -2.30. The molecule has 0 fully saturated rings. The van der Waals surface area contributed by atoms with Gasteiger partial charge < -0.3 is 10.4 Å². The summed E-state index contributed by atoms with van der Waals surface area (Å²) < 4.78 is 13.2. The van der Waals surface area contributed by atoms with Crippen molar-refractivity contribution in [2.24, 2.45) is 11.8 Å². The topological polar surface area (TPSA) is 49.3 Å². The van der Waals surface area contributed by atoms with Crippen molar-refractivity contribution in [3.63, 3.8) is 0 Å². The molecule has 1 unspecified atom stereocenters. The number of benzene rings is 1. The van der Waals surface area contributed by atoms with Gasteiger partial charge in [-0.3, -0.25) is 4.79 Å². The molecule has 0 aliphatic carbocycles. The van der Waals surface area contributed by atoms with Crippen molar-refractivity contribution >= 4 is 5.91 Å². The van der Waals surface area contributed by atoms with Crippen molar-refractivity contribution in [2.75, 3.05) is 13.2 Å². The molecular formula is C16H24FNO2. The third-order valence-electron chi connectivity index (χ3n) is 3.31. The SMILES string of the molecule is Cc1cc(C(=O)NCC(CCO)CC(C)C)ccc1F. The highest BCUT2D eigenvalue weighted by Crippen LogP contribution is 2.15. The second-order valence-corrected chi connectivity index (χ2v) is 5.68. The van der Waals surface area contributed by atoms with Crippen LogP contribution in [0.3, 0.4) is 0 Å². The standard InChI is InChI=1S/C16H24FNO2/c1-11(2)8-13(6-7-19)10-18-16(20)14-4-5-15(17)12(3)9-14/h4-5,9,11,13,19H,6-8,10H2,1-3H3,(H,18,20). The van der Waals surface area contributed by atoms with E-state index in [9.17, 15) is 9.18 Å². The van der Waals surface area contributed by atoms with Crippen molar-refractivity contribution in [3.05, 3.63) is 35.1 Å². The average Bonchev–Trinajstić information content (AvgIpc) is 2.38. The van der Waals surface area contributed by atoms with Crippen LogP contribution in [0.1, 0.15) is 42.6 Å². The highest BCUT2D eigenvalue weighted by atomic mass is 19.1. The molecule has 0 aliphatic rings. The Labute approximate surface area is 120 Å². The lowest BCUT2D eigenvalue weighted by atomic mass is 9.94. The lowest BCUT2D eigenvalue weighted by Gasteiger charge is -2.18. The van der Waals surface area contributed by atoms with E-state index in [0.717, 1.165) is 6.42 Å². The predicted octanol–water partition coefficient (Wildman–Crippen LogP) is 2.91. The number of aliphatic hydroxyl groups is 1. The summed E-state index contributed by atoms with van der Waals surface area (Å²) in [5.41, 5.74) is 0.933. The molecule has 0 saturated heterocycles. The number of halogens is 1. The molecular weight excluding hydrogens is 257 g/mol. The number of carbonyl (C=O) groups excluding carboxylic acids is 1. The maximum atomic E-state index is 13.2. The van der Waals surface area contributed by atoms with Gasteiger partial charge in [0.15, 0.2) is 0 Å². The maximum Gasteiger partial charge on any atom is 0.251 e. The fourth-order valence-electron chi connectivity index (χ4n) is 2.28. The van der Waals surface area contributed by atoms with Gasteiger partial charge in [-0.05, 0) is 55.4 Å². The number of nitrogens with one attached hydrogen (secondary N) is 1. The number of hydrogen-bond acceptors (Lipinski definition) is 2. The van der Waals surface area contributed by atoms with Crippen molar-refractivity contribution < 1.29 is 14.3 Å². The van der Waals surface area contributed by atoms with Crippen LogP contribution >= 0.6 is 0 Å². The van der Waals surface area contributed by atoms with E-state index in [1.807, 2.05) is 0 Å². The van der Waals surface area contributed by atoms with Crippen molar-refractivity contribution in [3.8, 4) is 0 Å². The molecule has 1 aromatic carbocycles. The number of rotatable bonds is 7. The molecule has 1 atom stereocenters. The lowest BCUT2D eigenvalue weighted by molar-refractivity contribution is 0.0941. The van der Waals surface area contributed by atoms with Gasteiger partial charge in [0, 0.05) is 18.7 Å². The Morgan fingerprint density at radius 3 is 2.65 bits per heavy atom. The Morgan fingerprint density at radius 1 is 1.40 bits per heavy atom. The Kier molecular flexibility index (Phi) is 6.65. The largest absolute Gasteiger partial charge is 0.396 e. The van der Waals surface area contributed by atoms with Gasteiger partial charge in [-0.25, -0.2) is 4.39 Å². The third-order valence-corrected chi connectivity index (χ3v) is 3.31. The van der Waals surface area contributed by atoms with Crippen molar-refractivity contribution in [1.29, 1.82) is 0 Å². The first-order valence-corrected chi connectivity index (χ1v) is 7.09. The Balaban J connectivity index is 2.58. The summed E-state index contributed by atoms with van der Waals surface area (Å²) in [6.07, 6.45) is 1.64. The molecule has 0 saturated carbocycles. The summed E-state index contributed by atoms with van der Waals surface area (Å²) in [6.45, 7) is 6.54. The van der Waals surface area contributed by atoms with E-state index in [1.165, 1.54) is 12.1 Å². The molecule has 1 rings (SSSR count). The second-order valence-electron chi connectivity index (χ2n) is 5.68. The van der Waals surface area contributed by atoms with Gasteiger partial charge >= 0.3 is 0 Å². The molecule has 0 aliphatic heterocycles. The molecule has 0 bridgehead atoms. The number of hydrogen-bond donors (Lipinski definition) is 2. The van der Waals surface area contributed by atoms with E-state index >= 15 is 0 Å². The Morgan fingerprint density at radius 2 is 2.10 bits per heavy atom. The van der Waals surface area contributed by atoms with Crippen molar-refractivity contribution in [1.82, 2.24) is 5.32 Å². The van der Waals surface area contributed by atoms with Gasteiger partial charge in [0.1, 0.15) is 5.82 Å². The van der Waals surface area contributed by atoms with E-state index < -0.39 is 0 Å². The number of aryl methyl sites for hydroxylation is 1. The Hall–Kier alpha value is -1.42. The van der Waals surface area contributed by atoms with Gasteiger partial charge in [0.25, 0.3) is 5.91 Å².